The van der Waals surface area contributed by atoms with Gasteiger partial charge in [-0.05, 0) is 53.2 Å². The molecule has 2 rings (SSSR count). The molecule has 1 aromatic carbocycles. The minimum absolute atomic E-state index is 0.273. The summed E-state index contributed by atoms with van der Waals surface area (Å²) in [6.07, 6.45) is 1.77. The van der Waals surface area contributed by atoms with E-state index in [1.165, 1.54) is 0 Å². The summed E-state index contributed by atoms with van der Waals surface area (Å²) >= 11 is 3.44. The third kappa shape index (κ3) is 3.36. The van der Waals surface area contributed by atoms with Gasteiger partial charge in [-0.3, -0.25) is 4.98 Å². The zero-order valence-electron chi connectivity index (χ0n) is 11.1. The van der Waals surface area contributed by atoms with Gasteiger partial charge >= 0.3 is 5.97 Å². The van der Waals surface area contributed by atoms with E-state index in [1.54, 1.807) is 18.3 Å². The Hall–Kier alpha value is -1.88. The van der Waals surface area contributed by atoms with Gasteiger partial charge in [0.05, 0.1) is 23.5 Å². The Morgan fingerprint density at radius 2 is 2.15 bits per heavy atom. The van der Waals surface area contributed by atoms with Gasteiger partial charge in [-0.15, -0.1) is 0 Å². The highest BCUT2D eigenvalue weighted by Crippen LogP contribution is 2.28. The fourth-order valence-electron chi connectivity index (χ4n) is 1.95. The van der Waals surface area contributed by atoms with E-state index in [0.29, 0.717) is 6.54 Å². The molecule has 0 unspecified atom stereocenters. The summed E-state index contributed by atoms with van der Waals surface area (Å²) in [7, 11) is 0. The molecule has 1 heterocycles. The summed E-state index contributed by atoms with van der Waals surface area (Å²) in [5.41, 5.74) is 2.21. The number of hydrogen-bond donors (Lipinski definition) is 1. The second kappa shape index (κ2) is 6.52. The predicted octanol–water partition coefficient (Wildman–Crippen LogP) is 3.57. The van der Waals surface area contributed by atoms with E-state index in [0.717, 1.165) is 22.4 Å². The summed E-state index contributed by atoms with van der Waals surface area (Å²) < 4.78 is 0.773. The normalized spacial score (nSPS) is 10.3. The molecule has 0 saturated carbocycles. The van der Waals surface area contributed by atoms with Gasteiger partial charge in [-0.1, -0.05) is 6.07 Å². The second-order valence-corrected chi connectivity index (χ2v) is 5.16. The quantitative estimate of drug-likeness (QED) is 0.908. The van der Waals surface area contributed by atoms with Crippen molar-refractivity contribution in [3.05, 3.63) is 58.3 Å². The minimum Gasteiger partial charge on any atom is -0.478 e. The molecule has 0 aliphatic heterocycles. The van der Waals surface area contributed by atoms with E-state index in [4.69, 9.17) is 5.11 Å². The number of pyridine rings is 1. The van der Waals surface area contributed by atoms with Crippen molar-refractivity contribution in [3.8, 4) is 0 Å². The first-order chi connectivity index (χ1) is 9.61. The van der Waals surface area contributed by atoms with Crippen molar-refractivity contribution in [2.24, 2.45) is 0 Å². The van der Waals surface area contributed by atoms with Crippen molar-refractivity contribution in [3.63, 3.8) is 0 Å². The number of nitrogens with zero attached hydrogens (tertiary/aromatic N) is 2. The van der Waals surface area contributed by atoms with Crippen molar-refractivity contribution in [2.45, 2.75) is 13.5 Å². The molecule has 0 fully saturated rings. The molecule has 0 spiro atoms. The van der Waals surface area contributed by atoms with Gasteiger partial charge in [-0.2, -0.15) is 0 Å². The molecule has 4 nitrogen and oxygen atoms in total. The Kier molecular flexibility index (Phi) is 4.74. The average molecular weight is 335 g/mol. The third-order valence-electron chi connectivity index (χ3n) is 3.00. The maximum absolute atomic E-state index is 11.0. The van der Waals surface area contributed by atoms with Crippen LogP contribution in [0.4, 0.5) is 5.69 Å². The number of hydrogen-bond acceptors (Lipinski definition) is 3. The molecule has 0 atom stereocenters. The number of aromatic nitrogens is 1. The lowest BCUT2D eigenvalue weighted by Gasteiger charge is -2.24. The van der Waals surface area contributed by atoms with Crippen molar-refractivity contribution in [1.82, 2.24) is 4.98 Å². The fraction of sp³-hybridized carbons (Fsp3) is 0.200. The van der Waals surface area contributed by atoms with Crippen LogP contribution in [0, 0.1) is 0 Å². The van der Waals surface area contributed by atoms with Gasteiger partial charge in [0.1, 0.15) is 0 Å². The van der Waals surface area contributed by atoms with E-state index < -0.39 is 5.97 Å². The van der Waals surface area contributed by atoms with Gasteiger partial charge in [0.2, 0.25) is 0 Å². The summed E-state index contributed by atoms with van der Waals surface area (Å²) in [6.45, 7) is 3.55. The van der Waals surface area contributed by atoms with E-state index in [1.807, 2.05) is 24.3 Å². The molecule has 0 saturated heterocycles. The van der Waals surface area contributed by atoms with Crippen LogP contribution in [0.15, 0.2) is 47.1 Å². The monoisotopic (exact) mass is 334 g/mol. The number of benzene rings is 1. The summed E-state index contributed by atoms with van der Waals surface area (Å²) in [5.74, 6) is -0.926. The number of halogens is 1. The standard InChI is InChI=1S/C15H15BrN2O2/c1-2-18(10-12-5-3-4-8-17-12)14-7-6-11(15(19)20)9-13(14)16/h3-9H,2,10H2,1H3,(H,19,20). The first-order valence-corrected chi connectivity index (χ1v) is 7.08. The molecule has 0 amide bonds. The highest BCUT2D eigenvalue weighted by molar-refractivity contribution is 9.10. The minimum atomic E-state index is -0.926. The highest BCUT2D eigenvalue weighted by Gasteiger charge is 2.12. The van der Waals surface area contributed by atoms with Gasteiger partial charge < -0.3 is 10.0 Å². The maximum atomic E-state index is 11.0. The third-order valence-corrected chi connectivity index (χ3v) is 3.63. The Labute approximate surface area is 126 Å². The van der Waals surface area contributed by atoms with E-state index in [-0.39, 0.29) is 5.56 Å². The average Bonchev–Trinajstić information content (AvgIpc) is 2.46. The lowest BCUT2D eigenvalue weighted by atomic mass is 10.2. The molecule has 0 aliphatic carbocycles. The SMILES string of the molecule is CCN(Cc1ccccn1)c1ccc(C(=O)O)cc1Br. The topological polar surface area (TPSA) is 53.4 Å². The smallest absolute Gasteiger partial charge is 0.335 e. The number of anilines is 1. The van der Waals surface area contributed by atoms with Crippen molar-refractivity contribution < 1.29 is 9.90 Å². The molecule has 20 heavy (non-hydrogen) atoms. The number of carboxylic acid groups (broad SMARTS) is 1. The van der Waals surface area contributed by atoms with Crippen molar-refractivity contribution in [1.29, 1.82) is 0 Å². The largest absolute Gasteiger partial charge is 0.478 e. The molecule has 0 aliphatic rings. The van der Waals surface area contributed by atoms with Crippen LogP contribution in [0.3, 0.4) is 0 Å². The Balaban J connectivity index is 2.26. The van der Waals surface area contributed by atoms with Crippen LogP contribution in [-0.2, 0) is 6.54 Å². The number of aromatic carboxylic acids is 1. The van der Waals surface area contributed by atoms with Gasteiger partial charge in [0, 0.05) is 17.2 Å². The Morgan fingerprint density at radius 1 is 1.35 bits per heavy atom. The molecule has 1 aromatic heterocycles. The second-order valence-electron chi connectivity index (χ2n) is 4.31. The molecule has 0 bridgehead atoms. The molecule has 2 aromatic rings. The number of carboxylic acids is 1. The van der Waals surface area contributed by atoms with E-state index >= 15 is 0 Å². The first kappa shape index (κ1) is 14.5. The summed E-state index contributed by atoms with van der Waals surface area (Å²) in [6, 6.07) is 10.9. The van der Waals surface area contributed by atoms with Gasteiger partial charge in [-0.25, -0.2) is 4.79 Å². The van der Waals surface area contributed by atoms with Gasteiger partial charge in [0.15, 0.2) is 0 Å². The molecular formula is C15H15BrN2O2. The first-order valence-electron chi connectivity index (χ1n) is 6.29. The van der Waals surface area contributed by atoms with Crippen LogP contribution in [0.1, 0.15) is 23.0 Å². The summed E-state index contributed by atoms with van der Waals surface area (Å²) in [5, 5.41) is 8.99. The van der Waals surface area contributed by atoms with Crippen LogP contribution in [0.5, 0.6) is 0 Å². The highest BCUT2D eigenvalue weighted by atomic mass is 79.9. The molecular weight excluding hydrogens is 320 g/mol. The Bertz CT molecular complexity index is 602. The van der Waals surface area contributed by atoms with Gasteiger partial charge in [0.25, 0.3) is 0 Å². The lowest BCUT2D eigenvalue weighted by Crippen LogP contribution is -2.23. The van der Waals surface area contributed by atoms with Crippen LogP contribution in [0.25, 0.3) is 0 Å². The number of rotatable bonds is 5. The fourth-order valence-corrected chi connectivity index (χ4v) is 2.58. The zero-order valence-corrected chi connectivity index (χ0v) is 12.7. The summed E-state index contributed by atoms with van der Waals surface area (Å²) in [4.78, 5) is 17.4. The zero-order chi connectivity index (χ0) is 14.5. The number of carbonyl (C=O) groups is 1. The van der Waals surface area contributed by atoms with E-state index in [2.05, 4.69) is 32.7 Å². The lowest BCUT2D eigenvalue weighted by molar-refractivity contribution is 0.0697. The van der Waals surface area contributed by atoms with Crippen LogP contribution < -0.4 is 4.90 Å². The van der Waals surface area contributed by atoms with Crippen LogP contribution in [-0.4, -0.2) is 22.6 Å². The molecule has 1 N–H and O–H groups in total. The molecule has 0 radical (unpaired) electrons. The maximum Gasteiger partial charge on any atom is 0.335 e. The molecule has 104 valence electrons. The molecule has 5 heteroatoms. The Morgan fingerprint density at radius 3 is 2.70 bits per heavy atom. The van der Waals surface area contributed by atoms with Crippen LogP contribution in [0.2, 0.25) is 0 Å². The van der Waals surface area contributed by atoms with Crippen molar-refractivity contribution >= 4 is 27.6 Å². The van der Waals surface area contributed by atoms with Crippen LogP contribution >= 0.6 is 15.9 Å². The van der Waals surface area contributed by atoms with Crippen molar-refractivity contribution in [2.75, 3.05) is 11.4 Å². The van der Waals surface area contributed by atoms with E-state index in [9.17, 15) is 4.79 Å². The predicted molar refractivity (Wildman–Crippen MR) is 82.1 cm³/mol.